The van der Waals surface area contributed by atoms with E-state index in [0.29, 0.717) is 5.71 Å². The van der Waals surface area contributed by atoms with E-state index >= 15 is 0 Å². The van der Waals surface area contributed by atoms with Crippen LogP contribution in [0, 0.1) is 0 Å². The van der Waals surface area contributed by atoms with Crippen molar-refractivity contribution in [1.29, 1.82) is 0 Å². The number of thiocarbonyl (C=S) groups is 1. The SMILES string of the molecule is C=CCN(C(=S)N/N=C(\C)c1ccccc1)/C(=C\C(=O)OC)C(=O)OC. The Labute approximate surface area is 158 Å². The molecule has 0 radical (unpaired) electrons. The van der Waals surface area contributed by atoms with Crippen LogP contribution >= 0.6 is 12.2 Å². The van der Waals surface area contributed by atoms with Gasteiger partial charge in [0.2, 0.25) is 0 Å². The number of esters is 2. The second kappa shape index (κ2) is 10.8. The lowest BCUT2D eigenvalue weighted by Gasteiger charge is -2.24. The van der Waals surface area contributed by atoms with Crippen LogP contribution in [-0.2, 0) is 19.1 Å². The molecule has 138 valence electrons. The summed E-state index contributed by atoms with van der Waals surface area (Å²) in [5.41, 5.74) is 4.23. The third-order valence-corrected chi connectivity index (χ3v) is 3.52. The van der Waals surface area contributed by atoms with Crippen molar-refractivity contribution in [3.63, 3.8) is 0 Å². The quantitative estimate of drug-likeness (QED) is 0.195. The van der Waals surface area contributed by atoms with Gasteiger partial charge in [-0.05, 0) is 24.7 Å². The average Bonchev–Trinajstić information content (AvgIpc) is 2.68. The molecule has 1 rings (SSSR count). The molecule has 7 nitrogen and oxygen atoms in total. The summed E-state index contributed by atoms with van der Waals surface area (Å²) in [5, 5.41) is 4.32. The maximum Gasteiger partial charge on any atom is 0.355 e. The Morgan fingerprint density at radius 3 is 2.46 bits per heavy atom. The van der Waals surface area contributed by atoms with Crippen molar-refractivity contribution in [3.05, 3.63) is 60.3 Å². The smallest absolute Gasteiger partial charge is 0.355 e. The van der Waals surface area contributed by atoms with Crippen LogP contribution in [0.1, 0.15) is 12.5 Å². The van der Waals surface area contributed by atoms with Crippen LogP contribution in [0.15, 0.2) is 59.9 Å². The number of nitrogens with one attached hydrogen (secondary N) is 1. The van der Waals surface area contributed by atoms with E-state index < -0.39 is 11.9 Å². The van der Waals surface area contributed by atoms with E-state index in [9.17, 15) is 9.59 Å². The Morgan fingerprint density at radius 1 is 1.27 bits per heavy atom. The van der Waals surface area contributed by atoms with E-state index in [4.69, 9.17) is 17.0 Å². The van der Waals surface area contributed by atoms with Gasteiger partial charge in [-0.25, -0.2) is 9.59 Å². The molecule has 1 aromatic rings. The van der Waals surface area contributed by atoms with Gasteiger partial charge in [-0.1, -0.05) is 36.4 Å². The van der Waals surface area contributed by atoms with E-state index in [-0.39, 0.29) is 17.4 Å². The molecule has 8 heteroatoms. The minimum Gasteiger partial charge on any atom is -0.466 e. The largest absolute Gasteiger partial charge is 0.466 e. The highest BCUT2D eigenvalue weighted by atomic mass is 32.1. The first-order valence-corrected chi connectivity index (χ1v) is 8.01. The molecule has 0 aliphatic heterocycles. The van der Waals surface area contributed by atoms with Gasteiger partial charge in [-0.2, -0.15) is 5.10 Å². The summed E-state index contributed by atoms with van der Waals surface area (Å²) in [4.78, 5) is 25.0. The molecule has 0 saturated carbocycles. The number of benzene rings is 1. The Balaban J connectivity index is 3.07. The first-order valence-electron chi connectivity index (χ1n) is 7.60. The number of rotatable bonds is 7. The van der Waals surface area contributed by atoms with Crippen molar-refractivity contribution < 1.29 is 19.1 Å². The molecule has 0 aromatic heterocycles. The average molecular weight is 375 g/mol. The molecule has 0 aliphatic carbocycles. The second-order valence-corrected chi connectivity index (χ2v) is 5.31. The monoisotopic (exact) mass is 375 g/mol. The zero-order chi connectivity index (χ0) is 19.5. The third kappa shape index (κ3) is 6.14. The lowest BCUT2D eigenvalue weighted by Crippen LogP contribution is -2.40. The van der Waals surface area contributed by atoms with Crippen molar-refractivity contribution in [3.8, 4) is 0 Å². The molecule has 0 aliphatic rings. The second-order valence-electron chi connectivity index (χ2n) is 4.92. The van der Waals surface area contributed by atoms with Crippen LogP contribution in [0.4, 0.5) is 0 Å². The van der Waals surface area contributed by atoms with Gasteiger partial charge in [0.05, 0.1) is 26.0 Å². The zero-order valence-corrected chi connectivity index (χ0v) is 15.7. The lowest BCUT2D eigenvalue weighted by atomic mass is 10.1. The summed E-state index contributed by atoms with van der Waals surface area (Å²) in [6, 6.07) is 9.50. The number of nitrogens with zero attached hydrogens (tertiary/aromatic N) is 2. The summed E-state index contributed by atoms with van der Waals surface area (Å²) in [6.07, 6.45) is 2.52. The minimum atomic E-state index is -0.745. The molecular weight excluding hydrogens is 354 g/mol. The first-order chi connectivity index (χ1) is 12.4. The first kappa shape index (κ1) is 21.0. The predicted octanol–water partition coefficient (Wildman–Crippen LogP) is 2.00. The Bertz CT molecular complexity index is 729. The summed E-state index contributed by atoms with van der Waals surface area (Å²) in [5.74, 6) is -1.46. The number of carbonyl (C=O) groups excluding carboxylic acids is 2. The molecule has 1 N–H and O–H groups in total. The van der Waals surface area contributed by atoms with Crippen LogP contribution in [-0.4, -0.2) is 48.4 Å². The van der Waals surface area contributed by atoms with Gasteiger partial charge in [0.15, 0.2) is 5.11 Å². The van der Waals surface area contributed by atoms with Crippen LogP contribution < -0.4 is 5.43 Å². The van der Waals surface area contributed by atoms with Gasteiger partial charge in [0, 0.05) is 6.54 Å². The lowest BCUT2D eigenvalue weighted by molar-refractivity contribution is -0.139. The molecule has 0 spiro atoms. The minimum absolute atomic E-state index is 0.0932. The summed E-state index contributed by atoms with van der Waals surface area (Å²) >= 11 is 5.30. The van der Waals surface area contributed by atoms with Crippen molar-refractivity contribution in [2.24, 2.45) is 5.10 Å². The van der Waals surface area contributed by atoms with Gasteiger partial charge >= 0.3 is 11.9 Å². The highest BCUT2D eigenvalue weighted by Crippen LogP contribution is 2.09. The van der Waals surface area contributed by atoms with Gasteiger partial charge < -0.3 is 14.4 Å². The molecular formula is C18H21N3O4S. The zero-order valence-electron chi connectivity index (χ0n) is 14.9. The van der Waals surface area contributed by atoms with Crippen molar-refractivity contribution in [2.75, 3.05) is 20.8 Å². The number of hydrogen-bond acceptors (Lipinski definition) is 6. The van der Waals surface area contributed by atoms with Gasteiger partial charge in [-0.3, -0.25) is 5.43 Å². The fourth-order valence-electron chi connectivity index (χ4n) is 1.88. The highest BCUT2D eigenvalue weighted by Gasteiger charge is 2.22. The van der Waals surface area contributed by atoms with E-state index in [0.717, 1.165) is 11.6 Å². The molecule has 26 heavy (non-hydrogen) atoms. The van der Waals surface area contributed by atoms with Crippen molar-refractivity contribution >= 4 is 35.0 Å². The fourth-order valence-corrected chi connectivity index (χ4v) is 2.10. The maximum absolute atomic E-state index is 12.0. The summed E-state index contributed by atoms with van der Waals surface area (Å²) < 4.78 is 9.29. The summed E-state index contributed by atoms with van der Waals surface area (Å²) in [6.45, 7) is 5.60. The topological polar surface area (TPSA) is 80.2 Å². The molecule has 0 saturated heterocycles. The van der Waals surface area contributed by atoms with E-state index in [2.05, 4.69) is 21.8 Å². The number of carbonyl (C=O) groups is 2. The van der Waals surface area contributed by atoms with Crippen LogP contribution in [0.25, 0.3) is 0 Å². The summed E-state index contributed by atoms with van der Waals surface area (Å²) in [7, 11) is 2.41. The molecule has 1 aromatic carbocycles. The van der Waals surface area contributed by atoms with Crippen LogP contribution in [0.5, 0.6) is 0 Å². The Kier molecular flexibility index (Phi) is 8.72. The van der Waals surface area contributed by atoms with Gasteiger partial charge in [0.1, 0.15) is 5.70 Å². The fraction of sp³-hybridized carbons (Fsp3) is 0.222. The van der Waals surface area contributed by atoms with E-state index in [1.165, 1.54) is 25.2 Å². The Hall–Kier alpha value is -3.00. The number of hydrazone groups is 1. The molecule has 0 bridgehead atoms. The molecule has 0 fully saturated rings. The predicted molar refractivity (Wildman–Crippen MR) is 103 cm³/mol. The van der Waals surface area contributed by atoms with Gasteiger partial charge in [0.25, 0.3) is 0 Å². The number of ether oxygens (including phenoxy) is 2. The van der Waals surface area contributed by atoms with E-state index in [1.807, 2.05) is 37.3 Å². The van der Waals surface area contributed by atoms with Crippen molar-refractivity contribution in [2.45, 2.75) is 6.92 Å². The Morgan fingerprint density at radius 2 is 1.92 bits per heavy atom. The number of methoxy groups -OCH3 is 2. The molecule has 0 unspecified atom stereocenters. The van der Waals surface area contributed by atoms with E-state index in [1.54, 1.807) is 0 Å². The van der Waals surface area contributed by atoms with Gasteiger partial charge in [-0.15, -0.1) is 6.58 Å². The highest BCUT2D eigenvalue weighted by molar-refractivity contribution is 7.80. The maximum atomic E-state index is 12.0. The molecule has 0 atom stereocenters. The molecule has 0 amide bonds. The van der Waals surface area contributed by atoms with Crippen LogP contribution in [0.3, 0.4) is 0 Å². The standard InChI is InChI=1S/C18H21N3O4S/c1-5-11-21(15(17(23)25-4)12-16(22)24-3)18(26)20-19-13(2)14-9-7-6-8-10-14/h5-10,12H,1,11H2,2-4H3,(H,20,26)/b15-12-,19-13+. The van der Waals surface area contributed by atoms with Crippen LogP contribution in [0.2, 0.25) is 0 Å². The van der Waals surface area contributed by atoms with Crippen molar-refractivity contribution in [1.82, 2.24) is 10.3 Å². The molecule has 0 heterocycles. The third-order valence-electron chi connectivity index (χ3n) is 3.21. The normalized spacial score (nSPS) is 11.3. The number of hydrogen-bond donors (Lipinski definition) is 1.